The van der Waals surface area contributed by atoms with Crippen LogP contribution in [0.25, 0.3) is 0 Å². The van der Waals surface area contributed by atoms with Crippen molar-refractivity contribution in [3.05, 3.63) is 35.9 Å². The number of amides is 1. The Hall–Kier alpha value is -1.35. The molecule has 0 bridgehead atoms. The molecule has 3 heteroatoms. The maximum Gasteiger partial charge on any atom is 0.237 e. The highest BCUT2D eigenvalue weighted by Crippen LogP contribution is 2.22. The van der Waals surface area contributed by atoms with E-state index in [2.05, 4.69) is 26.1 Å². The van der Waals surface area contributed by atoms with Gasteiger partial charge in [0.2, 0.25) is 5.91 Å². The fraction of sp³-hybridized carbons (Fsp3) is 0.611. The summed E-state index contributed by atoms with van der Waals surface area (Å²) < 4.78 is 0. The van der Waals surface area contributed by atoms with Crippen molar-refractivity contribution < 1.29 is 4.79 Å². The van der Waals surface area contributed by atoms with Crippen LogP contribution < -0.4 is 11.1 Å². The molecule has 118 valence electrons. The quantitative estimate of drug-likeness (QED) is 0.686. The second-order valence-electron chi connectivity index (χ2n) is 6.64. The van der Waals surface area contributed by atoms with Crippen LogP contribution in [0, 0.1) is 5.41 Å². The Morgan fingerprint density at radius 2 is 1.90 bits per heavy atom. The lowest BCUT2D eigenvalue weighted by atomic mass is 9.87. The first kappa shape index (κ1) is 17.7. The standard InChI is InChI=1S/C18H30N2O/c1-4-5-9-12-18(2,3)14-20-17(21)16(19)13-15-10-7-6-8-11-15/h6-8,10-11,16H,4-5,9,12-14,19H2,1-3H3,(H,20,21)/t16-/m1/s1. The highest BCUT2D eigenvalue weighted by atomic mass is 16.2. The second kappa shape index (κ2) is 8.83. The topological polar surface area (TPSA) is 55.1 Å². The molecule has 1 aromatic carbocycles. The van der Waals surface area contributed by atoms with Crippen molar-refractivity contribution in [3.63, 3.8) is 0 Å². The number of nitrogens with two attached hydrogens (primary N) is 1. The predicted octanol–water partition coefficient (Wildman–Crippen LogP) is 3.28. The molecule has 0 saturated heterocycles. The molecule has 21 heavy (non-hydrogen) atoms. The largest absolute Gasteiger partial charge is 0.354 e. The molecule has 0 aromatic heterocycles. The molecule has 0 radical (unpaired) electrons. The van der Waals surface area contributed by atoms with Gasteiger partial charge in [-0.15, -0.1) is 0 Å². The molecule has 1 aromatic rings. The molecular weight excluding hydrogens is 260 g/mol. The van der Waals surface area contributed by atoms with E-state index in [0.29, 0.717) is 13.0 Å². The number of hydrogen-bond acceptors (Lipinski definition) is 2. The lowest BCUT2D eigenvalue weighted by Gasteiger charge is -2.25. The van der Waals surface area contributed by atoms with Crippen molar-refractivity contribution in [3.8, 4) is 0 Å². The first-order valence-electron chi connectivity index (χ1n) is 8.02. The number of carbonyl (C=O) groups is 1. The van der Waals surface area contributed by atoms with Crippen LogP contribution in [0.15, 0.2) is 30.3 Å². The zero-order valence-electron chi connectivity index (χ0n) is 13.7. The van der Waals surface area contributed by atoms with E-state index in [1.807, 2.05) is 30.3 Å². The average Bonchev–Trinajstić information content (AvgIpc) is 2.46. The molecular formula is C18H30N2O. The molecule has 0 spiro atoms. The maximum absolute atomic E-state index is 12.1. The zero-order chi connectivity index (χ0) is 15.7. The van der Waals surface area contributed by atoms with E-state index in [1.165, 1.54) is 19.3 Å². The fourth-order valence-corrected chi connectivity index (χ4v) is 2.36. The van der Waals surface area contributed by atoms with Gasteiger partial charge in [-0.05, 0) is 23.8 Å². The van der Waals surface area contributed by atoms with Crippen LogP contribution >= 0.6 is 0 Å². The Kier molecular flexibility index (Phi) is 7.44. The summed E-state index contributed by atoms with van der Waals surface area (Å²) >= 11 is 0. The van der Waals surface area contributed by atoms with Crippen LogP contribution in [-0.2, 0) is 11.2 Å². The van der Waals surface area contributed by atoms with Crippen LogP contribution in [0.3, 0.4) is 0 Å². The van der Waals surface area contributed by atoms with Gasteiger partial charge in [0.25, 0.3) is 0 Å². The molecule has 0 heterocycles. The molecule has 1 amide bonds. The minimum Gasteiger partial charge on any atom is -0.354 e. The summed E-state index contributed by atoms with van der Waals surface area (Å²) in [6.07, 6.45) is 5.42. The lowest BCUT2D eigenvalue weighted by molar-refractivity contribution is -0.122. The van der Waals surface area contributed by atoms with Crippen LogP contribution in [-0.4, -0.2) is 18.5 Å². The van der Waals surface area contributed by atoms with Gasteiger partial charge in [0.1, 0.15) is 0 Å². The van der Waals surface area contributed by atoms with Crippen molar-refractivity contribution in [1.82, 2.24) is 5.32 Å². The summed E-state index contributed by atoms with van der Waals surface area (Å²) in [6.45, 7) is 7.30. The number of rotatable bonds is 9. The molecule has 1 rings (SSSR count). The molecule has 3 nitrogen and oxygen atoms in total. The molecule has 1 atom stereocenters. The van der Waals surface area contributed by atoms with Crippen molar-refractivity contribution >= 4 is 5.91 Å². The first-order chi connectivity index (χ1) is 9.94. The molecule has 0 saturated carbocycles. The third kappa shape index (κ3) is 7.28. The third-order valence-electron chi connectivity index (χ3n) is 3.83. The number of nitrogens with one attached hydrogen (secondary N) is 1. The molecule has 0 fully saturated rings. The van der Waals surface area contributed by atoms with Crippen molar-refractivity contribution in [2.75, 3.05) is 6.54 Å². The average molecular weight is 290 g/mol. The molecule has 0 aliphatic heterocycles. The summed E-state index contributed by atoms with van der Waals surface area (Å²) in [5.74, 6) is -0.0533. The van der Waals surface area contributed by atoms with Gasteiger partial charge in [0.05, 0.1) is 6.04 Å². The van der Waals surface area contributed by atoms with Crippen LogP contribution in [0.1, 0.15) is 52.0 Å². The Morgan fingerprint density at radius 1 is 1.24 bits per heavy atom. The molecule has 0 unspecified atom stereocenters. The summed E-state index contributed by atoms with van der Waals surface area (Å²) in [5.41, 5.74) is 7.22. The van der Waals surface area contributed by atoms with Gasteiger partial charge in [0.15, 0.2) is 0 Å². The Labute approximate surface area is 129 Å². The summed E-state index contributed by atoms with van der Waals surface area (Å²) in [6, 6.07) is 9.43. The van der Waals surface area contributed by atoms with Gasteiger partial charge in [-0.2, -0.15) is 0 Å². The lowest BCUT2D eigenvalue weighted by Crippen LogP contribution is -2.45. The van der Waals surface area contributed by atoms with Gasteiger partial charge in [-0.25, -0.2) is 0 Å². The van der Waals surface area contributed by atoms with Crippen molar-refractivity contribution in [2.45, 2.75) is 58.9 Å². The monoisotopic (exact) mass is 290 g/mol. The minimum absolute atomic E-state index is 0.0533. The predicted molar refractivity (Wildman–Crippen MR) is 89.1 cm³/mol. The molecule has 3 N–H and O–H groups in total. The number of benzene rings is 1. The summed E-state index contributed by atoms with van der Waals surface area (Å²) in [5, 5.41) is 3.01. The van der Waals surface area contributed by atoms with E-state index in [4.69, 9.17) is 5.73 Å². The van der Waals surface area contributed by atoms with Gasteiger partial charge < -0.3 is 11.1 Å². The normalized spacial score (nSPS) is 13.0. The maximum atomic E-state index is 12.1. The van der Waals surface area contributed by atoms with Crippen LogP contribution in [0.2, 0.25) is 0 Å². The Balaban J connectivity index is 2.35. The van der Waals surface area contributed by atoms with Crippen LogP contribution in [0.4, 0.5) is 0 Å². The van der Waals surface area contributed by atoms with E-state index < -0.39 is 6.04 Å². The smallest absolute Gasteiger partial charge is 0.237 e. The van der Waals surface area contributed by atoms with Gasteiger partial charge >= 0.3 is 0 Å². The summed E-state index contributed by atoms with van der Waals surface area (Å²) in [7, 11) is 0. The first-order valence-corrected chi connectivity index (χ1v) is 8.02. The van der Waals surface area contributed by atoms with Crippen molar-refractivity contribution in [2.24, 2.45) is 11.1 Å². The number of carbonyl (C=O) groups excluding carboxylic acids is 1. The highest BCUT2D eigenvalue weighted by Gasteiger charge is 2.20. The SMILES string of the molecule is CCCCCC(C)(C)CNC(=O)[C@H](N)Cc1ccccc1. The van der Waals surface area contributed by atoms with E-state index in [-0.39, 0.29) is 11.3 Å². The van der Waals surface area contributed by atoms with Gasteiger partial charge in [-0.3, -0.25) is 4.79 Å². The van der Waals surface area contributed by atoms with Crippen molar-refractivity contribution in [1.29, 1.82) is 0 Å². The Morgan fingerprint density at radius 3 is 2.52 bits per heavy atom. The molecule has 0 aliphatic carbocycles. The van der Waals surface area contributed by atoms with E-state index in [0.717, 1.165) is 12.0 Å². The molecule has 0 aliphatic rings. The highest BCUT2D eigenvalue weighted by molar-refractivity contribution is 5.81. The summed E-state index contributed by atoms with van der Waals surface area (Å²) in [4.78, 5) is 12.1. The van der Waals surface area contributed by atoms with Gasteiger partial charge in [-0.1, -0.05) is 70.4 Å². The third-order valence-corrected chi connectivity index (χ3v) is 3.83. The van der Waals surface area contributed by atoms with E-state index >= 15 is 0 Å². The minimum atomic E-state index is -0.473. The second-order valence-corrected chi connectivity index (χ2v) is 6.64. The van der Waals surface area contributed by atoms with E-state index in [1.54, 1.807) is 0 Å². The van der Waals surface area contributed by atoms with E-state index in [9.17, 15) is 4.79 Å². The Bertz CT molecular complexity index is 414. The fourth-order valence-electron chi connectivity index (χ4n) is 2.36. The zero-order valence-corrected chi connectivity index (χ0v) is 13.7. The van der Waals surface area contributed by atoms with Gasteiger partial charge in [0, 0.05) is 6.54 Å². The van der Waals surface area contributed by atoms with Crippen LogP contribution in [0.5, 0.6) is 0 Å². The number of unbranched alkanes of at least 4 members (excludes halogenated alkanes) is 2. The number of hydrogen-bond donors (Lipinski definition) is 2.